The Morgan fingerprint density at radius 2 is 1.85 bits per heavy atom. The molecule has 0 fully saturated rings. The molecule has 164 valence electrons. The molecule has 3 aromatic carbocycles. The van der Waals surface area contributed by atoms with E-state index in [9.17, 15) is 14.7 Å². The fourth-order valence-corrected chi connectivity index (χ4v) is 4.01. The molecule has 0 aliphatic carbocycles. The summed E-state index contributed by atoms with van der Waals surface area (Å²) in [4.78, 5) is 24.8. The van der Waals surface area contributed by atoms with Gasteiger partial charge >= 0.3 is 5.97 Å². The Bertz CT molecular complexity index is 1480. The molecular weight excluding hydrogens is 440 g/mol. The van der Waals surface area contributed by atoms with Gasteiger partial charge in [0.15, 0.2) is 5.43 Å². The summed E-state index contributed by atoms with van der Waals surface area (Å²) in [6.45, 7) is 3.52. The molecule has 4 aromatic rings. The van der Waals surface area contributed by atoms with Crippen molar-refractivity contribution in [3.63, 3.8) is 0 Å². The van der Waals surface area contributed by atoms with Crippen molar-refractivity contribution in [2.24, 2.45) is 0 Å². The number of carboxylic acids is 1. The summed E-state index contributed by atoms with van der Waals surface area (Å²) in [6, 6.07) is 18.3. The molecule has 2 N–H and O–H groups in total. The number of para-hydroxylation sites is 1. The third-order valence-corrected chi connectivity index (χ3v) is 5.70. The van der Waals surface area contributed by atoms with Crippen molar-refractivity contribution in [1.29, 1.82) is 5.26 Å². The predicted molar refractivity (Wildman–Crippen MR) is 128 cm³/mol. The lowest BCUT2D eigenvalue weighted by molar-refractivity contribution is 0.0698. The van der Waals surface area contributed by atoms with Crippen molar-refractivity contribution in [3.8, 4) is 17.4 Å². The molecule has 7 heteroatoms. The van der Waals surface area contributed by atoms with Crippen LogP contribution in [0.5, 0.6) is 0 Å². The van der Waals surface area contributed by atoms with Gasteiger partial charge in [0.05, 0.1) is 28.6 Å². The number of aromatic carboxylic acids is 1. The van der Waals surface area contributed by atoms with Crippen LogP contribution < -0.4 is 10.7 Å². The predicted octanol–water partition coefficient (Wildman–Crippen LogP) is 6.16. The van der Waals surface area contributed by atoms with Gasteiger partial charge in [0.25, 0.3) is 0 Å². The van der Waals surface area contributed by atoms with Crippen molar-refractivity contribution >= 4 is 34.2 Å². The summed E-state index contributed by atoms with van der Waals surface area (Å²) in [5.41, 5.74) is 2.94. The lowest BCUT2D eigenvalue weighted by Crippen LogP contribution is -2.13. The maximum Gasteiger partial charge on any atom is 0.337 e. The van der Waals surface area contributed by atoms with Crippen LogP contribution in [0.2, 0.25) is 5.02 Å². The van der Waals surface area contributed by atoms with E-state index >= 15 is 0 Å². The molecule has 4 rings (SSSR count). The first-order valence-electron chi connectivity index (χ1n) is 10.2. The Kier molecular flexibility index (Phi) is 5.91. The summed E-state index contributed by atoms with van der Waals surface area (Å²) >= 11 is 6.33. The summed E-state index contributed by atoms with van der Waals surface area (Å²) in [7, 11) is 0. The van der Waals surface area contributed by atoms with Crippen LogP contribution in [0.4, 0.5) is 5.69 Å². The zero-order valence-corrected chi connectivity index (χ0v) is 18.6. The number of nitrogens with one attached hydrogen (secondary N) is 1. The molecule has 0 aliphatic rings. The Balaban J connectivity index is 1.88. The van der Waals surface area contributed by atoms with Gasteiger partial charge in [-0.25, -0.2) is 4.79 Å². The maximum absolute atomic E-state index is 13.2. The van der Waals surface area contributed by atoms with E-state index in [1.807, 2.05) is 6.92 Å². The van der Waals surface area contributed by atoms with E-state index in [0.717, 1.165) is 0 Å². The van der Waals surface area contributed by atoms with Gasteiger partial charge < -0.3 is 14.8 Å². The van der Waals surface area contributed by atoms with E-state index in [1.165, 1.54) is 6.07 Å². The van der Waals surface area contributed by atoms with Crippen LogP contribution >= 0.6 is 11.6 Å². The standard InChI is InChI=1S/C26H19ClN2O4/c1-14-23(30)21-12-18(27)11-20(15(2)29-22-6-4-3-5-19(22)26(31)32)25(21)33-24(14)17-9-7-16(13-28)8-10-17/h3-12,15,29H,1-2H3,(H,31,32)/t15-/m1/s1. The number of fused-ring (bicyclic) bond motifs is 1. The van der Waals surface area contributed by atoms with Gasteiger partial charge in [-0.15, -0.1) is 0 Å². The highest BCUT2D eigenvalue weighted by molar-refractivity contribution is 6.31. The quantitative estimate of drug-likeness (QED) is 0.371. The minimum Gasteiger partial charge on any atom is -0.478 e. The van der Waals surface area contributed by atoms with Crippen LogP contribution in [0.15, 0.2) is 69.9 Å². The molecule has 1 atom stereocenters. The second-order valence-corrected chi connectivity index (χ2v) is 8.10. The first-order chi connectivity index (χ1) is 15.8. The molecule has 0 amide bonds. The number of carboxylic acid groups (broad SMARTS) is 1. The monoisotopic (exact) mass is 458 g/mol. The van der Waals surface area contributed by atoms with Gasteiger partial charge in [-0.05, 0) is 62.4 Å². The van der Waals surface area contributed by atoms with Gasteiger partial charge in [0, 0.05) is 27.4 Å². The number of benzene rings is 3. The number of hydrogen-bond acceptors (Lipinski definition) is 5. The molecule has 0 unspecified atom stereocenters. The Labute approximate surface area is 194 Å². The Morgan fingerprint density at radius 3 is 2.52 bits per heavy atom. The van der Waals surface area contributed by atoms with E-state index in [2.05, 4.69) is 11.4 Å². The van der Waals surface area contributed by atoms with E-state index in [0.29, 0.717) is 49.7 Å². The summed E-state index contributed by atoms with van der Waals surface area (Å²) in [5, 5.41) is 22.5. The van der Waals surface area contributed by atoms with Gasteiger partial charge in [-0.3, -0.25) is 4.79 Å². The largest absolute Gasteiger partial charge is 0.478 e. The number of nitriles is 1. The fourth-order valence-electron chi connectivity index (χ4n) is 3.78. The topological polar surface area (TPSA) is 103 Å². The van der Waals surface area contributed by atoms with E-state index in [1.54, 1.807) is 61.5 Å². The molecule has 0 aliphatic heterocycles. The highest BCUT2D eigenvalue weighted by Crippen LogP contribution is 2.33. The molecular formula is C26H19ClN2O4. The molecule has 0 saturated carbocycles. The number of rotatable bonds is 5. The molecule has 1 aromatic heterocycles. The van der Waals surface area contributed by atoms with Crippen LogP contribution in [-0.2, 0) is 0 Å². The first-order valence-corrected chi connectivity index (χ1v) is 10.5. The number of halogens is 1. The van der Waals surface area contributed by atoms with E-state index in [4.69, 9.17) is 21.3 Å². The summed E-state index contributed by atoms with van der Waals surface area (Å²) in [6.07, 6.45) is 0. The van der Waals surface area contributed by atoms with Crippen molar-refractivity contribution in [2.75, 3.05) is 5.32 Å². The van der Waals surface area contributed by atoms with Crippen LogP contribution in [0, 0.1) is 18.3 Å². The van der Waals surface area contributed by atoms with Crippen molar-refractivity contribution in [1.82, 2.24) is 0 Å². The van der Waals surface area contributed by atoms with Crippen LogP contribution in [-0.4, -0.2) is 11.1 Å². The first kappa shape index (κ1) is 22.1. The number of nitrogens with zero attached hydrogens (tertiary/aromatic N) is 1. The number of carbonyl (C=O) groups is 1. The second kappa shape index (κ2) is 8.81. The fraction of sp³-hybridized carbons (Fsp3) is 0.115. The van der Waals surface area contributed by atoms with E-state index in [-0.39, 0.29) is 11.0 Å². The molecule has 1 heterocycles. The normalized spacial score (nSPS) is 11.7. The molecule has 0 saturated heterocycles. The lowest BCUT2D eigenvalue weighted by atomic mass is 10.0. The van der Waals surface area contributed by atoms with Crippen LogP contribution in [0.1, 0.15) is 40.0 Å². The number of hydrogen-bond donors (Lipinski definition) is 2. The highest BCUT2D eigenvalue weighted by Gasteiger charge is 2.20. The highest BCUT2D eigenvalue weighted by atomic mass is 35.5. The summed E-state index contributed by atoms with van der Waals surface area (Å²) < 4.78 is 6.26. The Hall–Kier alpha value is -4.08. The third-order valence-electron chi connectivity index (χ3n) is 5.48. The smallest absolute Gasteiger partial charge is 0.337 e. The SMILES string of the molecule is Cc1c(-c2ccc(C#N)cc2)oc2c([C@@H](C)Nc3ccccc3C(=O)O)cc(Cl)cc2c1=O. The second-order valence-electron chi connectivity index (χ2n) is 7.66. The summed E-state index contributed by atoms with van der Waals surface area (Å²) in [5.74, 6) is -0.648. The molecule has 33 heavy (non-hydrogen) atoms. The van der Waals surface area contributed by atoms with Gasteiger partial charge in [-0.2, -0.15) is 5.26 Å². The average Bonchev–Trinajstić information content (AvgIpc) is 2.81. The van der Waals surface area contributed by atoms with Crippen molar-refractivity contribution < 1.29 is 14.3 Å². The Morgan fingerprint density at radius 1 is 1.15 bits per heavy atom. The van der Waals surface area contributed by atoms with Crippen LogP contribution in [0.3, 0.4) is 0 Å². The zero-order valence-electron chi connectivity index (χ0n) is 17.8. The molecule has 6 nitrogen and oxygen atoms in total. The van der Waals surface area contributed by atoms with Crippen molar-refractivity contribution in [3.05, 3.63) is 98.2 Å². The number of anilines is 1. The maximum atomic E-state index is 13.2. The van der Waals surface area contributed by atoms with Gasteiger partial charge in [0.1, 0.15) is 11.3 Å². The molecule has 0 bridgehead atoms. The minimum atomic E-state index is -1.05. The van der Waals surface area contributed by atoms with Crippen molar-refractivity contribution in [2.45, 2.75) is 19.9 Å². The molecule has 0 spiro atoms. The van der Waals surface area contributed by atoms with Crippen LogP contribution in [0.25, 0.3) is 22.3 Å². The molecule has 0 radical (unpaired) electrons. The average molecular weight is 459 g/mol. The third kappa shape index (κ3) is 4.19. The lowest BCUT2D eigenvalue weighted by Gasteiger charge is -2.19. The zero-order chi connectivity index (χ0) is 23.7. The van der Waals surface area contributed by atoms with Gasteiger partial charge in [-0.1, -0.05) is 23.7 Å². The van der Waals surface area contributed by atoms with E-state index < -0.39 is 12.0 Å². The van der Waals surface area contributed by atoms with Gasteiger partial charge in [0.2, 0.25) is 0 Å². The minimum absolute atomic E-state index is 0.131.